The first-order chi connectivity index (χ1) is 33.9. The molecule has 0 aliphatic heterocycles. The molecule has 0 heterocycles. The zero-order valence-electron chi connectivity index (χ0n) is 39.4. The number of amides is 2. The third-order valence-corrected chi connectivity index (χ3v) is 12.2. The van der Waals surface area contributed by atoms with Crippen LogP contribution in [0.15, 0.2) is 166 Å². The molecule has 0 unspecified atom stereocenters. The number of esters is 2. The summed E-state index contributed by atoms with van der Waals surface area (Å²) in [6, 6.07) is 39.9. The van der Waals surface area contributed by atoms with Crippen LogP contribution < -0.4 is 10.6 Å². The molecular weight excluding hydrogens is 925 g/mol. The molecule has 2 N–H and O–H groups in total. The fourth-order valence-corrected chi connectivity index (χ4v) is 8.90. The summed E-state index contributed by atoms with van der Waals surface area (Å²) in [6.07, 6.45) is 2.48. The average molecular weight is 979 g/mol. The van der Waals surface area contributed by atoms with E-state index in [9.17, 15) is 28.8 Å². The van der Waals surface area contributed by atoms with E-state index in [0.717, 1.165) is 23.5 Å². The number of ether oxygens (including phenoxy) is 4. The Morgan fingerprint density at radius 3 is 1.20 bits per heavy atom. The van der Waals surface area contributed by atoms with Gasteiger partial charge in [-0.15, -0.1) is 0 Å². The maximum absolute atomic E-state index is 14.1. The Morgan fingerprint density at radius 2 is 0.843 bits per heavy atom. The highest BCUT2D eigenvalue weighted by Gasteiger charge is 2.34. The number of hydrogen-bond donors (Lipinski definition) is 2. The van der Waals surface area contributed by atoms with Crippen LogP contribution in [0.1, 0.15) is 88.7 Å². The van der Waals surface area contributed by atoms with Crippen LogP contribution in [0.4, 0.5) is 9.59 Å². The number of rotatable bonds is 16. The maximum Gasteiger partial charge on any atom is 0.407 e. The number of nitrogens with one attached hydrogen (secondary N) is 2. The van der Waals surface area contributed by atoms with Crippen molar-refractivity contribution in [2.75, 3.05) is 39.5 Å². The van der Waals surface area contributed by atoms with Gasteiger partial charge in [0.15, 0.2) is 11.6 Å². The number of alkyl carbamates (subject to hydrolysis) is 2. The number of aryl methyl sites for hydroxylation is 2. The zero-order chi connectivity index (χ0) is 50.4. The fourth-order valence-electron chi connectivity index (χ4n) is 6.71. The van der Waals surface area contributed by atoms with Crippen molar-refractivity contribution < 1.29 is 47.7 Å². The van der Waals surface area contributed by atoms with E-state index < -0.39 is 24.1 Å². The van der Waals surface area contributed by atoms with Gasteiger partial charge >= 0.3 is 24.1 Å². The summed E-state index contributed by atoms with van der Waals surface area (Å²) in [5.74, 6) is -2.01. The van der Waals surface area contributed by atoms with Gasteiger partial charge in [-0.05, 0) is 75.2 Å². The highest BCUT2D eigenvalue weighted by Crippen LogP contribution is 2.42. The van der Waals surface area contributed by atoms with Gasteiger partial charge in [-0.2, -0.15) is 0 Å². The molecule has 0 fully saturated rings. The van der Waals surface area contributed by atoms with Crippen LogP contribution in [0.3, 0.4) is 0 Å². The summed E-state index contributed by atoms with van der Waals surface area (Å²) in [5, 5.41) is 4.97. The fraction of sp³-hybridized carbons (Fsp3) is 0.179. The van der Waals surface area contributed by atoms with Crippen LogP contribution in [0.5, 0.6) is 0 Å². The summed E-state index contributed by atoms with van der Waals surface area (Å²) >= 11 is 2.31. The van der Waals surface area contributed by atoms with Crippen molar-refractivity contribution in [3.05, 3.63) is 202 Å². The van der Waals surface area contributed by atoms with E-state index >= 15 is 0 Å². The monoisotopic (exact) mass is 978 g/mol. The smallest absolute Gasteiger partial charge is 0.407 e. The number of benzene rings is 6. The minimum atomic E-state index is -0.640. The lowest BCUT2D eigenvalue weighted by molar-refractivity contribution is 0.0393. The van der Waals surface area contributed by atoms with Crippen LogP contribution in [0.25, 0.3) is 12.2 Å². The normalized spacial score (nSPS) is 10.9. The molecule has 0 aromatic heterocycles. The minimum Gasteiger partial charge on any atom is -0.458 e. The molecule has 0 saturated carbocycles. The largest absolute Gasteiger partial charge is 0.458 e. The van der Waals surface area contributed by atoms with Crippen molar-refractivity contribution in [3.63, 3.8) is 0 Å². The Bertz CT molecular complexity index is 2670. The Hall–Kier alpha value is -7.68. The summed E-state index contributed by atoms with van der Waals surface area (Å²) in [4.78, 5) is 79.3. The van der Waals surface area contributed by atoms with Gasteiger partial charge < -0.3 is 29.6 Å². The van der Waals surface area contributed by atoms with Crippen molar-refractivity contribution in [2.45, 2.75) is 47.3 Å². The second-order valence-electron chi connectivity index (χ2n) is 15.1. The van der Waals surface area contributed by atoms with E-state index in [4.69, 9.17) is 18.9 Å². The lowest BCUT2D eigenvalue weighted by Crippen LogP contribution is -2.25. The van der Waals surface area contributed by atoms with Crippen molar-refractivity contribution in [2.24, 2.45) is 0 Å². The van der Waals surface area contributed by atoms with E-state index in [-0.39, 0.29) is 71.4 Å². The quantitative estimate of drug-likeness (QED) is 0.0536. The molecule has 0 bridgehead atoms. The Balaban J connectivity index is 0.000000420. The summed E-state index contributed by atoms with van der Waals surface area (Å²) in [7, 11) is 0. The zero-order valence-corrected chi connectivity index (χ0v) is 41.0. The van der Waals surface area contributed by atoms with E-state index in [1.54, 1.807) is 98.8 Å². The van der Waals surface area contributed by atoms with E-state index in [2.05, 4.69) is 61.9 Å². The van der Waals surface area contributed by atoms with Gasteiger partial charge in [0.2, 0.25) is 0 Å². The highest BCUT2D eigenvalue weighted by atomic mass is 32.2. The predicted molar refractivity (Wildman–Crippen MR) is 274 cm³/mol. The highest BCUT2D eigenvalue weighted by molar-refractivity contribution is 7.99. The standard InChI is InChI=1S/C38H34N2O10S2.2C9H10/c1-3-39-37(45)49-21-19-47-35(43)23-11-5-7-15-27(23)51-29-17-9-13-25-31(29)33(41)26-14-10-18-30(32(26)34(25)42)52-28-16-8-6-12-24(28)36(44)48-20-22-50-38(46)40-4-2;2*1-3-9-6-4-5-8(2)7-9/h5-18H,3-4,19-22H2,1-2H3,(H,39,45)(H,40,46);2*3-7H,1H2,2H3. The molecule has 0 saturated heterocycles. The molecule has 6 aromatic carbocycles. The van der Waals surface area contributed by atoms with Crippen LogP contribution >= 0.6 is 23.5 Å². The second kappa shape index (κ2) is 27.3. The summed E-state index contributed by atoms with van der Waals surface area (Å²) < 4.78 is 20.6. The molecule has 0 atom stereocenters. The van der Waals surface area contributed by atoms with Gasteiger partial charge in [0, 0.05) is 54.9 Å². The number of carbonyl (C=O) groups excluding carboxylic acids is 6. The lowest BCUT2D eigenvalue weighted by atomic mass is 9.84. The molecule has 7 rings (SSSR count). The Morgan fingerprint density at radius 1 is 0.486 bits per heavy atom. The SMILES string of the molecule is C=Cc1cccc(C)c1.C=Cc1cccc(C)c1.CCNC(=O)OCCOC(=O)c1ccccc1Sc1cccc2c1C(=O)c1cccc(Sc3ccccc3C(=O)OCCOC(=O)NCC)c1C2=O. The maximum atomic E-state index is 14.1. The lowest BCUT2D eigenvalue weighted by Gasteiger charge is -2.22. The van der Waals surface area contributed by atoms with Gasteiger partial charge in [0.05, 0.1) is 11.1 Å². The van der Waals surface area contributed by atoms with Crippen molar-refractivity contribution in [1.29, 1.82) is 0 Å². The molecule has 12 nitrogen and oxygen atoms in total. The van der Waals surface area contributed by atoms with E-state index in [1.807, 2.05) is 36.4 Å². The van der Waals surface area contributed by atoms with Gasteiger partial charge in [-0.1, -0.05) is 157 Å². The van der Waals surface area contributed by atoms with Crippen molar-refractivity contribution >= 4 is 71.4 Å². The predicted octanol–water partition coefficient (Wildman–Crippen LogP) is 11.8. The topological polar surface area (TPSA) is 163 Å². The summed E-state index contributed by atoms with van der Waals surface area (Å²) in [5.41, 5.74) is 6.27. The first-order valence-electron chi connectivity index (χ1n) is 22.3. The average Bonchev–Trinajstić information content (AvgIpc) is 3.36. The van der Waals surface area contributed by atoms with Gasteiger partial charge in [0.1, 0.15) is 26.4 Å². The molecule has 360 valence electrons. The van der Waals surface area contributed by atoms with Crippen LogP contribution in [-0.4, -0.2) is 75.2 Å². The third-order valence-electron chi connectivity index (χ3n) is 9.95. The first kappa shape index (κ1) is 53.3. The molecular formula is C56H54N2O10S2. The minimum absolute atomic E-state index is 0.124. The van der Waals surface area contributed by atoms with Gasteiger partial charge in [0.25, 0.3) is 0 Å². The molecule has 1 aliphatic rings. The molecule has 0 spiro atoms. The number of ketones is 2. The molecule has 0 radical (unpaired) electrons. The Labute approximate surface area is 416 Å². The van der Waals surface area contributed by atoms with Gasteiger partial charge in [-0.25, -0.2) is 19.2 Å². The number of hydrogen-bond acceptors (Lipinski definition) is 12. The molecule has 1 aliphatic carbocycles. The van der Waals surface area contributed by atoms with Crippen molar-refractivity contribution in [1.82, 2.24) is 10.6 Å². The summed E-state index contributed by atoms with van der Waals surface area (Å²) in [6.45, 7) is 15.2. The third kappa shape index (κ3) is 15.2. The molecule has 2 amide bonds. The van der Waals surface area contributed by atoms with E-state index in [1.165, 1.54) is 22.3 Å². The molecule has 70 heavy (non-hydrogen) atoms. The first-order valence-corrected chi connectivity index (χ1v) is 23.9. The second-order valence-corrected chi connectivity index (χ2v) is 17.2. The molecule has 6 aromatic rings. The van der Waals surface area contributed by atoms with E-state index in [0.29, 0.717) is 32.7 Å². The van der Waals surface area contributed by atoms with Crippen LogP contribution in [0.2, 0.25) is 0 Å². The Kier molecular flexibility index (Phi) is 20.8. The van der Waals surface area contributed by atoms with Crippen molar-refractivity contribution in [3.8, 4) is 0 Å². The van der Waals surface area contributed by atoms with Crippen LogP contribution in [0, 0.1) is 13.8 Å². The van der Waals surface area contributed by atoms with Crippen LogP contribution in [-0.2, 0) is 18.9 Å². The number of carbonyl (C=O) groups is 6. The molecule has 14 heteroatoms. The number of fused-ring (bicyclic) bond motifs is 2. The van der Waals surface area contributed by atoms with Gasteiger partial charge in [-0.3, -0.25) is 9.59 Å².